The van der Waals surface area contributed by atoms with Crippen LogP contribution in [-0.4, -0.2) is 57.4 Å². The van der Waals surface area contributed by atoms with E-state index in [2.05, 4.69) is 26.8 Å². The number of aliphatic hydroxyl groups excluding tert-OH is 1. The molecule has 126 valence electrons. The molecule has 2 atom stereocenters. The Morgan fingerprint density at radius 3 is 3.13 bits per heavy atom. The van der Waals surface area contributed by atoms with E-state index in [4.69, 9.17) is 10.5 Å². The van der Waals surface area contributed by atoms with Crippen LogP contribution in [0.4, 0.5) is 5.82 Å². The Labute approximate surface area is 135 Å². The van der Waals surface area contributed by atoms with E-state index in [1.165, 1.54) is 6.33 Å². The van der Waals surface area contributed by atoms with Crippen molar-refractivity contribution in [3.63, 3.8) is 0 Å². The summed E-state index contributed by atoms with van der Waals surface area (Å²) < 4.78 is 5.67. The van der Waals surface area contributed by atoms with Crippen LogP contribution in [0, 0.1) is 5.92 Å². The lowest BCUT2D eigenvalue weighted by Crippen LogP contribution is -2.23. The first-order valence-corrected chi connectivity index (χ1v) is 8.23. The molecule has 1 fully saturated rings. The maximum Gasteiger partial charge on any atom is 0.151 e. The molecule has 2 aromatic heterocycles. The van der Waals surface area contributed by atoms with E-state index in [0.717, 1.165) is 49.1 Å². The van der Waals surface area contributed by atoms with Gasteiger partial charge in [0.05, 0.1) is 18.2 Å². The number of nitrogens with two attached hydrogens (primary N) is 1. The molecule has 0 aliphatic carbocycles. The number of nitrogen functional groups attached to an aromatic ring is 1. The molecule has 0 amide bonds. The summed E-state index contributed by atoms with van der Waals surface area (Å²) in [6.07, 6.45) is 5.28. The van der Waals surface area contributed by atoms with E-state index >= 15 is 0 Å². The van der Waals surface area contributed by atoms with Gasteiger partial charge in [0.1, 0.15) is 11.8 Å². The molecule has 0 bridgehead atoms. The van der Waals surface area contributed by atoms with Gasteiger partial charge in [0.15, 0.2) is 5.82 Å². The molecule has 7 heteroatoms. The Kier molecular flexibility index (Phi) is 5.09. The summed E-state index contributed by atoms with van der Waals surface area (Å²) in [6.45, 7) is 5.78. The number of hydrogen-bond acceptors (Lipinski definition) is 6. The first-order chi connectivity index (χ1) is 11.2. The summed E-state index contributed by atoms with van der Waals surface area (Å²) >= 11 is 0. The van der Waals surface area contributed by atoms with E-state index in [-0.39, 0.29) is 12.0 Å². The highest BCUT2D eigenvalue weighted by atomic mass is 16.5. The highest BCUT2D eigenvalue weighted by Crippen LogP contribution is 2.24. The number of hydrogen-bond donors (Lipinski definition) is 3. The van der Waals surface area contributed by atoms with E-state index in [1.807, 2.05) is 6.20 Å². The fourth-order valence-corrected chi connectivity index (χ4v) is 3.09. The number of rotatable bonds is 7. The second-order valence-corrected chi connectivity index (χ2v) is 6.25. The van der Waals surface area contributed by atoms with E-state index in [9.17, 15) is 5.11 Å². The van der Waals surface area contributed by atoms with Gasteiger partial charge >= 0.3 is 0 Å². The topological polar surface area (TPSA) is 100 Å². The summed E-state index contributed by atoms with van der Waals surface area (Å²) in [4.78, 5) is 13.7. The minimum atomic E-state index is -0.332. The molecule has 0 radical (unpaired) electrons. The van der Waals surface area contributed by atoms with Crippen LogP contribution in [0.3, 0.4) is 0 Å². The number of ether oxygens (including phenoxy) is 1. The van der Waals surface area contributed by atoms with Crippen molar-refractivity contribution in [1.82, 2.24) is 19.9 Å². The van der Waals surface area contributed by atoms with Crippen molar-refractivity contribution in [1.29, 1.82) is 0 Å². The molecule has 1 aliphatic heterocycles. The standard InChI is InChI=1S/C16H25N5O2/c1-2-3-4-23-9-12-7-21(8-13(12)22)6-11-5-18-15-14(11)19-10-20-16(15)17/h5,10,12-13,18,22H,2-4,6-9H2,1H3,(H2,17,19,20)/t12-,13-/m0/s1. The predicted molar refractivity (Wildman–Crippen MR) is 88.8 cm³/mol. The number of aromatic nitrogens is 3. The number of anilines is 1. The summed E-state index contributed by atoms with van der Waals surface area (Å²) in [5, 5.41) is 10.2. The van der Waals surface area contributed by atoms with Crippen LogP contribution in [0.5, 0.6) is 0 Å². The van der Waals surface area contributed by atoms with Crippen molar-refractivity contribution in [2.45, 2.75) is 32.4 Å². The van der Waals surface area contributed by atoms with Crippen LogP contribution in [0.15, 0.2) is 12.5 Å². The maximum atomic E-state index is 10.2. The molecule has 0 saturated carbocycles. The van der Waals surface area contributed by atoms with Crippen molar-refractivity contribution < 1.29 is 9.84 Å². The number of unbranched alkanes of at least 4 members (excludes halogenated alkanes) is 1. The highest BCUT2D eigenvalue weighted by molar-refractivity contribution is 5.86. The smallest absolute Gasteiger partial charge is 0.151 e. The minimum absolute atomic E-state index is 0.178. The molecule has 7 nitrogen and oxygen atoms in total. The second kappa shape index (κ2) is 7.25. The molecule has 0 aromatic carbocycles. The Bertz CT molecular complexity index is 644. The zero-order valence-electron chi connectivity index (χ0n) is 13.5. The van der Waals surface area contributed by atoms with Gasteiger partial charge in [-0.3, -0.25) is 4.90 Å². The average Bonchev–Trinajstić information content (AvgIpc) is 3.09. The fraction of sp³-hybridized carbons (Fsp3) is 0.625. The third-order valence-electron chi connectivity index (χ3n) is 4.42. The minimum Gasteiger partial charge on any atom is -0.391 e. The lowest BCUT2D eigenvalue weighted by atomic mass is 10.1. The van der Waals surface area contributed by atoms with E-state index in [0.29, 0.717) is 19.0 Å². The van der Waals surface area contributed by atoms with E-state index in [1.54, 1.807) is 0 Å². The third-order valence-corrected chi connectivity index (χ3v) is 4.42. The molecular weight excluding hydrogens is 294 g/mol. The number of nitrogens with one attached hydrogen (secondary N) is 1. The Morgan fingerprint density at radius 1 is 1.43 bits per heavy atom. The quantitative estimate of drug-likeness (QED) is 0.662. The summed E-state index contributed by atoms with van der Waals surface area (Å²) in [5.41, 5.74) is 8.56. The third kappa shape index (κ3) is 3.63. The number of aromatic amines is 1. The summed E-state index contributed by atoms with van der Waals surface area (Å²) in [5.74, 6) is 0.640. The van der Waals surface area contributed by atoms with Gasteiger partial charge < -0.3 is 20.6 Å². The van der Waals surface area contributed by atoms with Crippen LogP contribution in [0.1, 0.15) is 25.3 Å². The Morgan fingerprint density at radius 2 is 2.30 bits per heavy atom. The van der Waals surface area contributed by atoms with Crippen molar-refractivity contribution >= 4 is 16.9 Å². The van der Waals surface area contributed by atoms with Gasteiger partial charge in [0.25, 0.3) is 0 Å². The molecule has 3 heterocycles. The Hall–Kier alpha value is -1.70. The highest BCUT2D eigenvalue weighted by Gasteiger charge is 2.31. The van der Waals surface area contributed by atoms with Gasteiger partial charge in [-0.25, -0.2) is 9.97 Å². The molecule has 23 heavy (non-hydrogen) atoms. The van der Waals surface area contributed by atoms with Crippen LogP contribution < -0.4 is 5.73 Å². The molecule has 1 saturated heterocycles. The lowest BCUT2D eigenvalue weighted by molar-refractivity contribution is 0.0518. The van der Waals surface area contributed by atoms with Crippen molar-refractivity contribution in [2.75, 3.05) is 32.0 Å². The average molecular weight is 319 g/mol. The molecule has 4 N–H and O–H groups in total. The van der Waals surface area contributed by atoms with Crippen molar-refractivity contribution in [2.24, 2.45) is 5.92 Å². The van der Waals surface area contributed by atoms with Gasteiger partial charge in [0, 0.05) is 43.9 Å². The van der Waals surface area contributed by atoms with Gasteiger partial charge in [-0.1, -0.05) is 13.3 Å². The molecule has 2 aromatic rings. The van der Waals surface area contributed by atoms with Gasteiger partial charge in [-0.2, -0.15) is 0 Å². The molecule has 3 rings (SSSR count). The normalized spacial score (nSPS) is 22.2. The first-order valence-electron chi connectivity index (χ1n) is 8.23. The zero-order valence-corrected chi connectivity index (χ0v) is 13.5. The van der Waals surface area contributed by atoms with Gasteiger partial charge in [-0.15, -0.1) is 0 Å². The van der Waals surface area contributed by atoms with Crippen LogP contribution in [0.25, 0.3) is 11.0 Å². The summed E-state index contributed by atoms with van der Waals surface area (Å²) in [7, 11) is 0. The number of aliphatic hydroxyl groups is 1. The zero-order chi connectivity index (χ0) is 16.2. The largest absolute Gasteiger partial charge is 0.391 e. The van der Waals surface area contributed by atoms with Crippen molar-refractivity contribution in [3.8, 4) is 0 Å². The number of β-amino-alcohol motifs (C(OH)–C–C–N with tert-alkyl or cyclic N) is 1. The number of H-pyrrole nitrogens is 1. The molecule has 1 aliphatic rings. The maximum absolute atomic E-state index is 10.2. The molecule has 0 unspecified atom stereocenters. The van der Waals surface area contributed by atoms with Gasteiger partial charge in [-0.05, 0) is 6.42 Å². The molecular formula is C16H25N5O2. The van der Waals surface area contributed by atoms with Crippen LogP contribution in [-0.2, 0) is 11.3 Å². The van der Waals surface area contributed by atoms with Crippen LogP contribution >= 0.6 is 0 Å². The lowest BCUT2D eigenvalue weighted by Gasteiger charge is -2.15. The Balaban J connectivity index is 1.59. The van der Waals surface area contributed by atoms with E-state index < -0.39 is 0 Å². The SMILES string of the molecule is CCCCOC[C@@H]1CN(Cc2c[nH]c3c(N)ncnc23)C[C@@H]1O. The van der Waals surface area contributed by atoms with Gasteiger partial charge in [0.2, 0.25) is 0 Å². The number of fused-ring (bicyclic) bond motifs is 1. The fourth-order valence-electron chi connectivity index (χ4n) is 3.09. The molecule has 0 spiro atoms. The summed E-state index contributed by atoms with van der Waals surface area (Å²) in [6, 6.07) is 0. The predicted octanol–water partition coefficient (Wildman–Crippen LogP) is 1.15. The number of likely N-dealkylation sites (tertiary alicyclic amines) is 1. The number of nitrogens with zero attached hydrogens (tertiary/aromatic N) is 3. The van der Waals surface area contributed by atoms with Crippen LogP contribution in [0.2, 0.25) is 0 Å². The second-order valence-electron chi connectivity index (χ2n) is 6.25. The van der Waals surface area contributed by atoms with Crippen molar-refractivity contribution in [3.05, 3.63) is 18.1 Å². The first kappa shape index (κ1) is 16.2. The monoisotopic (exact) mass is 319 g/mol.